The first kappa shape index (κ1) is 32.2. The Kier molecular flexibility index (Phi) is 18.6. The van der Waals surface area contributed by atoms with Crippen LogP contribution in [0.3, 0.4) is 0 Å². The zero-order chi connectivity index (χ0) is 24.6. The standard InChI is InChI=1S/C21H40N2O.C5H10O.HIS/c1-5-8-19(10-6-9-17(2)3)23-15-11-18(12-16-23)20(24)22-21(4)13-7-14-21;1-3-4-5(2)6;1-2/h17-19H,5-16H2,1-4H3,(H,22,24);3-4H2,1-2H3;2H. The summed E-state index contributed by atoms with van der Waals surface area (Å²) in [6.45, 7) is 15.0. The van der Waals surface area contributed by atoms with Gasteiger partial charge in [0.2, 0.25) is 5.91 Å². The molecule has 2 rings (SSSR count). The van der Waals surface area contributed by atoms with Crippen molar-refractivity contribution in [1.82, 2.24) is 10.2 Å². The molecule has 0 aromatic heterocycles. The van der Waals surface area contributed by atoms with Crippen molar-refractivity contribution in [2.45, 2.75) is 130 Å². The van der Waals surface area contributed by atoms with Crippen LogP contribution in [0.25, 0.3) is 0 Å². The highest BCUT2D eigenvalue weighted by atomic mass is 127. The van der Waals surface area contributed by atoms with Gasteiger partial charge in [-0.25, -0.2) is 0 Å². The fourth-order valence-corrected chi connectivity index (χ4v) is 4.71. The number of amides is 1. The third-order valence-corrected chi connectivity index (χ3v) is 6.84. The van der Waals surface area contributed by atoms with Gasteiger partial charge >= 0.3 is 0 Å². The number of thiol groups is 1. The van der Waals surface area contributed by atoms with Crippen molar-refractivity contribution in [2.24, 2.45) is 11.8 Å². The van der Waals surface area contributed by atoms with Crippen molar-refractivity contribution in [1.29, 1.82) is 0 Å². The second-order valence-electron chi connectivity index (χ2n) is 10.4. The number of likely N-dealkylation sites (tertiary alicyclic amines) is 1. The summed E-state index contributed by atoms with van der Waals surface area (Å²) in [6.07, 6.45) is 14.0. The minimum atomic E-state index is 0.107. The third-order valence-electron chi connectivity index (χ3n) is 6.84. The lowest BCUT2D eigenvalue weighted by atomic mass is 9.78. The summed E-state index contributed by atoms with van der Waals surface area (Å²) in [7, 11) is 3.50. The Hall–Kier alpha value is 0.180. The summed E-state index contributed by atoms with van der Waals surface area (Å²) >= 11 is 1.84. The van der Waals surface area contributed by atoms with E-state index in [0.717, 1.165) is 63.6 Å². The number of carbonyl (C=O) groups excluding carboxylic acids is 2. The van der Waals surface area contributed by atoms with Crippen LogP contribution in [0.4, 0.5) is 0 Å². The molecule has 0 aromatic carbocycles. The maximum absolute atomic E-state index is 12.5. The number of rotatable bonds is 11. The number of piperidine rings is 1. The molecule has 1 aliphatic carbocycles. The highest BCUT2D eigenvalue weighted by molar-refractivity contribution is 14.2. The lowest BCUT2D eigenvalue weighted by Gasteiger charge is -2.42. The summed E-state index contributed by atoms with van der Waals surface area (Å²) < 4.78 is 0. The van der Waals surface area contributed by atoms with E-state index in [2.05, 4.69) is 47.7 Å². The lowest BCUT2D eigenvalue weighted by molar-refractivity contribution is -0.129. The molecule has 32 heavy (non-hydrogen) atoms. The summed E-state index contributed by atoms with van der Waals surface area (Å²) in [5.41, 5.74) is 0.107. The van der Waals surface area contributed by atoms with Crippen LogP contribution in [-0.4, -0.2) is 41.3 Å². The average molecular weight is 583 g/mol. The van der Waals surface area contributed by atoms with Gasteiger partial charge in [0.05, 0.1) is 0 Å². The van der Waals surface area contributed by atoms with E-state index in [1.807, 2.05) is 28.1 Å². The molecule has 1 unspecified atom stereocenters. The van der Waals surface area contributed by atoms with Gasteiger partial charge in [-0.05, 0) is 105 Å². The van der Waals surface area contributed by atoms with Crippen LogP contribution < -0.4 is 5.32 Å². The van der Waals surface area contributed by atoms with Gasteiger partial charge in [-0.15, -0.1) is 9.80 Å². The molecule has 6 heteroatoms. The quantitative estimate of drug-likeness (QED) is 0.197. The minimum absolute atomic E-state index is 0.107. The SMILES string of the molecule is CCCC(C)=O.CCCC(CCCC(C)C)N1CCC(C(=O)NC2(C)CCC2)CC1.SI. The van der Waals surface area contributed by atoms with Crippen LogP contribution in [0.15, 0.2) is 0 Å². The van der Waals surface area contributed by atoms with Gasteiger partial charge in [-0.3, -0.25) is 4.79 Å². The third kappa shape index (κ3) is 13.8. The number of hydrogen-bond acceptors (Lipinski definition) is 4. The van der Waals surface area contributed by atoms with Crippen molar-refractivity contribution < 1.29 is 9.59 Å². The van der Waals surface area contributed by atoms with Crippen LogP contribution >= 0.6 is 31.0 Å². The first-order valence-corrected chi connectivity index (χ1v) is 16.2. The fraction of sp³-hybridized carbons (Fsp3) is 0.923. The van der Waals surface area contributed by atoms with Crippen LogP contribution in [0.2, 0.25) is 0 Å². The van der Waals surface area contributed by atoms with Crippen LogP contribution in [0.5, 0.6) is 0 Å². The number of nitrogens with zero attached hydrogens (tertiary/aromatic N) is 1. The van der Waals surface area contributed by atoms with E-state index in [9.17, 15) is 9.59 Å². The van der Waals surface area contributed by atoms with Crippen molar-refractivity contribution in [2.75, 3.05) is 13.1 Å². The van der Waals surface area contributed by atoms with E-state index < -0.39 is 0 Å². The van der Waals surface area contributed by atoms with Gasteiger partial charge in [0, 0.05) is 23.9 Å². The number of carbonyl (C=O) groups is 2. The molecule has 0 bridgehead atoms. The van der Waals surface area contributed by atoms with Crippen molar-refractivity contribution >= 4 is 42.7 Å². The van der Waals surface area contributed by atoms with Crippen LogP contribution in [0.1, 0.15) is 119 Å². The number of halogens is 1. The molecule has 1 aliphatic heterocycles. The average Bonchev–Trinajstić information content (AvgIpc) is 2.73. The molecule has 0 radical (unpaired) electrons. The monoisotopic (exact) mass is 582 g/mol. The Morgan fingerprint density at radius 2 is 1.66 bits per heavy atom. The molecule has 1 N–H and O–H groups in total. The topological polar surface area (TPSA) is 49.4 Å². The number of nitrogens with one attached hydrogen (secondary N) is 1. The number of Topliss-reactive ketones (excluding diaryl/α,β-unsaturated/α-hetero) is 1. The summed E-state index contributed by atoms with van der Waals surface area (Å²) in [4.78, 5) is 25.2. The molecule has 2 aliphatic rings. The Bertz CT molecular complexity index is 504. The summed E-state index contributed by atoms with van der Waals surface area (Å²) in [5, 5.41) is 3.32. The molecule has 190 valence electrons. The molecule has 1 amide bonds. The van der Waals surface area contributed by atoms with E-state index in [-0.39, 0.29) is 17.2 Å². The predicted molar refractivity (Wildman–Crippen MR) is 151 cm³/mol. The van der Waals surface area contributed by atoms with Crippen LogP contribution in [0, 0.1) is 11.8 Å². The van der Waals surface area contributed by atoms with Crippen molar-refractivity contribution in [3.05, 3.63) is 0 Å². The number of hydrogen-bond donors (Lipinski definition) is 2. The van der Waals surface area contributed by atoms with Crippen molar-refractivity contribution in [3.63, 3.8) is 0 Å². The van der Waals surface area contributed by atoms with E-state index in [1.165, 1.54) is 38.5 Å². The molecular weight excluding hydrogens is 531 g/mol. The second kappa shape index (κ2) is 18.5. The first-order chi connectivity index (χ1) is 15.2. The van der Waals surface area contributed by atoms with E-state index >= 15 is 0 Å². The van der Waals surface area contributed by atoms with E-state index in [0.29, 0.717) is 5.91 Å². The molecule has 0 aromatic rings. The smallest absolute Gasteiger partial charge is 0.223 e. The van der Waals surface area contributed by atoms with Gasteiger partial charge in [0.15, 0.2) is 0 Å². The highest BCUT2D eigenvalue weighted by Gasteiger charge is 2.36. The van der Waals surface area contributed by atoms with Gasteiger partial charge in [0.1, 0.15) is 5.78 Å². The molecule has 0 spiro atoms. The van der Waals surface area contributed by atoms with Gasteiger partial charge in [0.25, 0.3) is 0 Å². The largest absolute Gasteiger partial charge is 0.351 e. The second-order valence-corrected chi connectivity index (χ2v) is 10.4. The first-order valence-electron chi connectivity index (χ1n) is 12.9. The molecule has 1 atom stereocenters. The fourth-order valence-electron chi connectivity index (χ4n) is 4.71. The molecule has 2 fully saturated rings. The molecule has 1 saturated heterocycles. The number of ketones is 1. The van der Waals surface area contributed by atoms with Crippen molar-refractivity contribution in [3.8, 4) is 0 Å². The molecule has 4 nitrogen and oxygen atoms in total. The van der Waals surface area contributed by atoms with Gasteiger partial charge in [-0.2, -0.15) is 0 Å². The normalized spacial score (nSPS) is 19.0. The van der Waals surface area contributed by atoms with E-state index in [1.54, 1.807) is 6.92 Å². The summed E-state index contributed by atoms with van der Waals surface area (Å²) in [6, 6.07) is 0.738. The Morgan fingerprint density at radius 1 is 1.06 bits per heavy atom. The summed E-state index contributed by atoms with van der Waals surface area (Å²) in [5.74, 6) is 1.67. The Balaban J connectivity index is 0.00000104. The zero-order valence-corrected chi connectivity index (χ0v) is 24.8. The van der Waals surface area contributed by atoms with Gasteiger partial charge < -0.3 is 15.0 Å². The van der Waals surface area contributed by atoms with Crippen LogP contribution in [-0.2, 0) is 9.59 Å². The maximum Gasteiger partial charge on any atom is 0.223 e. The minimum Gasteiger partial charge on any atom is -0.351 e. The predicted octanol–water partition coefficient (Wildman–Crippen LogP) is 7.39. The molecule has 1 saturated carbocycles. The zero-order valence-electron chi connectivity index (χ0n) is 21.7. The van der Waals surface area contributed by atoms with Gasteiger partial charge in [-0.1, -0.05) is 47.0 Å². The highest BCUT2D eigenvalue weighted by Crippen LogP contribution is 2.32. The van der Waals surface area contributed by atoms with E-state index in [4.69, 9.17) is 0 Å². The Morgan fingerprint density at radius 3 is 2.03 bits per heavy atom. The molecular formula is C26H51IN2O2S. The Labute approximate surface area is 216 Å². The maximum atomic E-state index is 12.5. The lowest BCUT2D eigenvalue weighted by Crippen LogP contribution is -2.54. The molecule has 1 heterocycles.